The van der Waals surface area contributed by atoms with E-state index in [0.717, 1.165) is 0 Å². The van der Waals surface area contributed by atoms with Crippen LogP contribution >= 0.6 is 11.6 Å². The minimum absolute atomic E-state index is 0.173. The van der Waals surface area contributed by atoms with E-state index in [9.17, 15) is 14.4 Å². The fourth-order valence-corrected chi connectivity index (χ4v) is 1.94. The van der Waals surface area contributed by atoms with Crippen molar-refractivity contribution in [2.45, 2.75) is 12.5 Å². The monoisotopic (exact) mass is 297 g/mol. The highest BCUT2D eigenvalue weighted by molar-refractivity contribution is 6.31. The van der Waals surface area contributed by atoms with E-state index in [4.69, 9.17) is 16.3 Å². The molecule has 7 nitrogen and oxygen atoms in total. The maximum absolute atomic E-state index is 11.9. The number of imide groups is 1. The summed E-state index contributed by atoms with van der Waals surface area (Å²) < 4.78 is 5.09. The first kappa shape index (κ1) is 14.1. The lowest BCUT2D eigenvalue weighted by Crippen LogP contribution is -2.33. The van der Waals surface area contributed by atoms with E-state index < -0.39 is 23.9 Å². The zero-order chi connectivity index (χ0) is 14.7. The summed E-state index contributed by atoms with van der Waals surface area (Å²) in [4.78, 5) is 34.1. The lowest BCUT2D eigenvalue weighted by atomic mass is 10.2. The summed E-state index contributed by atoms with van der Waals surface area (Å²) in [6.07, 6.45) is -0.173. The highest BCUT2D eigenvalue weighted by Gasteiger charge is 2.31. The number of methoxy groups -OCH3 is 1. The summed E-state index contributed by atoms with van der Waals surface area (Å²) in [5, 5.41) is 7.42. The number of rotatable bonds is 4. The number of anilines is 1. The van der Waals surface area contributed by atoms with Crippen molar-refractivity contribution < 1.29 is 19.1 Å². The van der Waals surface area contributed by atoms with Crippen molar-refractivity contribution >= 4 is 35.1 Å². The van der Waals surface area contributed by atoms with Crippen molar-refractivity contribution in [2.75, 3.05) is 12.4 Å². The van der Waals surface area contributed by atoms with Crippen LogP contribution in [0.15, 0.2) is 18.2 Å². The smallest absolute Gasteiger partial charge is 0.322 e. The van der Waals surface area contributed by atoms with Crippen LogP contribution in [0.3, 0.4) is 0 Å². The van der Waals surface area contributed by atoms with Gasteiger partial charge in [0.1, 0.15) is 11.8 Å². The molecule has 0 radical (unpaired) electrons. The van der Waals surface area contributed by atoms with Gasteiger partial charge in [-0.2, -0.15) is 0 Å². The van der Waals surface area contributed by atoms with Crippen molar-refractivity contribution in [2.24, 2.45) is 0 Å². The van der Waals surface area contributed by atoms with Crippen molar-refractivity contribution in [1.29, 1.82) is 0 Å². The Bertz CT molecular complexity index is 576. The third-order valence-corrected chi connectivity index (χ3v) is 2.92. The standard InChI is InChI=1S/C12H12ClN3O4/c1-20-9-3-2-6(13)4-7(9)14-10(17)5-8-11(18)16-12(19)15-8/h2-4,8H,5H2,1H3,(H,14,17)(H2,15,16,18,19). The van der Waals surface area contributed by atoms with Crippen molar-refractivity contribution in [3.63, 3.8) is 0 Å². The van der Waals surface area contributed by atoms with Gasteiger partial charge >= 0.3 is 6.03 Å². The zero-order valence-electron chi connectivity index (χ0n) is 10.5. The van der Waals surface area contributed by atoms with E-state index in [0.29, 0.717) is 16.5 Å². The first-order chi connectivity index (χ1) is 9.49. The Morgan fingerprint density at radius 3 is 2.80 bits per heavy atom. The molecule has 3 N–H and O–H groups in total. The quantitative estimate of drug-likeness (QED) is 0.719. The molecule has 1 atom stereocenters. The average Bonchev–Trinajstić information content (AvgIpc) is 2.68. The molecule has 8 heteroatoms. The highest BCUT2D eigenvalue weighted by atomic mass is 35.5. The first-order valence-electron chi connectivity index (χ1n) is 5.74. The minimum atomic E-state index is -0.868. The van der Waals surface area contributed by atoms with Crippen LogP contribution in [-0.2, 0) is 9.59 Å². The molecule has 1 aliphatic heterocycles. The van der Waals surface area contributed by atoms with E-state index in [-0.39, 0.29) is 6.42 Å². The Kier molecular flexibility index (Phi) is 4.09. The van der Waals surface area contributed by atoms with Crippen molar-refractivity contribution in [3.8, 4) is 5.75 Å². The van der Waals surface area contributed by atoms with Gasteiger partial charge in [0.25, 0.3) is 5.91 Å². The third kappa shape index (κ3) is 3.18. The number of nitrogens with one attached hydrogen (secondary N) is 3. The molecule has 1 fully saturated rings. The molecule has 1 aromatic carbocycles. The molecule has 4 amide bonds. The normalized spacial score (nSPS) is 17.4. The van der Waals surface area contributed by atoms with E-state index in [2.05, 4.69) is 16.0 Å². The van der Waals surface area contributed by atoms with Crippen LogP contribution in [0.1, 0.15) is 6.42 Å². The topological polar surface area (TPSA) is 96.5 Å². The molecular weight excluding hydrogens is 286 g/mol. The number of urea groups is 1. The molecule has 1 aliphatic rings. The number of hydrogen-bond acceptors (Lipinski definition) is 4. The summed E-state index contributed by atoms with van der Waals surface area (Å²) >= 11 is 5.84. The van der Waals surface area contributed by atoms with Gasteiger partial charge in [0.05, 0.1) is 19.2 Å². The van der Waals surface area contributed by atoms with Crippen LogP contribution in [-0.4, -0.2) is 31.0 Å². The van der Waals surface area contributed by atoms with Gasteiger partial charge in [-0.15, -0.1) is 0 Å². The Morgan fingerprint density at radius 1 is 1.45 bits per heavy atom. The number of amides is 4. The van der Waals surface area contributed by atoms with Gasteiger partial charge in [-0.3, -0.25) is 14.9 Å². The average molecular weight is 298 g/mol. The summed E-state index contributed by atoms with van der Waals surface area (Å²) in [6.45, 7) is 0. The van der Waals surface area contributed by atoms with Gasteiger partial charge < -0.3 is 15.4 Å². The van der Waals surface area contributed by atoms with E-state index in [1.165, 1.54) is 13.2 Å². The van der Waals surface area contributed by atoms with Gasteiger partial charge in [-0.05, 0) is 18.2 Å². The first-order valence-corrected chi connectivity index (χ1v) is 6.12. The second-order valence-corrected chi connectivity index (χ2v) is 4.55. The summed E-state index contributed by atoms with van der Waals surface area (Å²) in [7, 11) is 1.46. The van der Waals surface area contributed by atoms with Gasteiger partial charge in [-0.25, -0.2) is 4.79 Å². The number of carbonyl (C=O) groups is 3. The van der Waals surface area contributed by atoms with Crippen molar-refractivity contribution in [3.05, 3.63) is 23.2 Å². The molecule has 0 aliphatic carbocycles. The molecular formula is C12H12ClN3O4. The molecule has 0 saturated carbocycles. The Morgan fingerprint density at radius 2 is 2.20 bits per heavy atom. The predicted molar refractivity (Wildman–Crippen MR) is 71.7 cm³/mol. The summed E-state index contributed by atoms with van der Waals surface area (Å²) in [5.41, 5.74) is 0.398. The Labute approximate surface area is 119 Å². The van der Waals surface area contributed by atoms with E-state index >= 15 is 0 Å². The number of halogens is 1. The molecule has 20 heavy (non-hydrogen) atoms. The largest absolute Gasteiger partial charge is 0.495 e. The Hall–Kier alpha value is -2.28. The van der Waals surface area contributed by atoms with Crippen molar-refractivity contribution in [1.82, 2.24) is 10.6 Å². The van der Waals surface area contributed by atoms with Crippen LogP contribution in [0.2, 0.25) is 5.02 Å². The maximum Gasteiger partial charge on any atom is 0.322 e. The molecule has 1 heterocycles. The van der Waals surface area contributed by atoms with E-state index in [1.54, 1.807) is 12.1 Å². The fraction of sp³-hybridized carbons (Fsp3) is 0.250. The van der Waals surface area contributed by atoms with Crippen LogP contribution in [0.25, 0.3) is 0 Å². The lowest BCUT2D eigenvalue weighted by molar-refractivity contribution is -0.124. The second kappa shape index (κ2) is 5.79. The van der Waals surface area contributed by atoms with Gasteiger partial charge in [-0.1, -0.05) is 11.6 Å². The van der Waals surface area contributed by atoms with Crippen LogP contribution < -0.4 is 20.7 Å². The maximum atomic E-state index is 11.9. The molecule has 0 bridgehead atoms. The number of ether oxygens (including phenoxy) is 1. The Balaban J connectivity index is 2.03. The highest BCUT2D eigenvalue weighted by Crippen LogP contribution is 2.27. The van der Waals surface area contributed by atoms with Gasteiger partial charge in [0.2, 0.25) is 5.91 Å². The minimum Gasteiger partial charge on any atom is -0.495 e. The number of hydrogen-bond donors (Lipinski definition) is 3. The molecule has 1 aromatic rings. The van der Waals surface area contributed by atoms with Gasteiger partial charge in [0, 0.05) is 5.02 Å². The van der Waals surface area contributed by atoms with E-state index in [1.807, 2.05) is 0 Å². The SMILES string of the molecule is COc1ccc(Cl)cc1NC(=O)CC1NC(=O)NC1=O. The second-order valence-electron chi connectivity index (χ2n) is 4.11. The molecule has 0 aromatic heterocycles. The number of benzene rings is 1. The summed E-state index contributed by atoms with van der Waals surface area (Å²) in [5.74, 6) is -0.515. The molecule has 1 saturated heterocycles. The fourth-order valence-electron chi connectivity index (χ4n) is 1.77. The number of carbonyl (C=O) groups excluding carboxylic acids is 3. The third-order valence-electron chi connectivity index (χ3n) is 2.68. The molecule has 0 spiro atoms. The van der Waals surface area contributed by atoms with Crippen LogP contribution in [0.5, 0.6) is 5.75 Å². The molecule has 106 valence electrons. The summed E-state index contributed by atoms with van der Waals surface area (Å²) in [6, 6.07) is 3.30. The predicted octanol–water partition coefficient (Wildman–Crippen LogP) is 0.885. The van der Waals surface area contributed by atoms with Crippen LogP contribution in [0.4, 0.5) is 10.5 Å². The van der Waals surface area contributed by atoms with Gasteiger partial charge in [0.15, 0.2) is 0 Å². The molecule has 2 rings (SSSR count). The lowest BCUT2D eigenvalue weighted by Gasteiger charge is -2.12. The zero-order valence-corrected chi connectivity index (χ0v) is 11.3. The van der Waals surface area contributed by atoms with Crippen LogP contribution in [0, 0.1) is 0 Å². The molecule has 1 unspecified atom stereocenters.